The first kappa shape index (κ1) is 16.6. The van der Waals surface area contributed by atoms with Crippen LogP contribution in [-0.2, 0) is 15.1 Å². The van der Waals surface area contributed by atoms with Crippen molar-refractivity contribution in [1.29, 1.82) is 0 Å². The smallest absolute Gasteiger partial charge is 0.211 e. The Labute approximate surface area is 135 Å². The Kier molecular flexibility index (Phi) is 5.02. The van der Waals surface area contributed by atoms with Gasteiger partial charge in [0.2, 0.25) is 12.2 Å². The minimum atomic E-state index is -0.988. The third-order valence-electron chi connectivity index (χ3n) is 4.11. The van der Waals surface area contributed by atoms with Gasteiger partial charge in [0, 0.05) is 5.41 Å². The Bertz CT molecular complexity index is 702. The fourth-order valence-corrected chi connectivity index (χ4v) is 3.00. The van der Waals surface area contributed by atoms with E-state index in [0.29, 0.717) is 0 Å². The molecule has 116 valence electrons. The molecular weight excluding hydrogens is 288 g/mol. The molecule has 0 N–H and O–H groups in total. The van der Waals surface area contributed by atoms with Gasteiger partial charge in [0.25, 0.3) is 0 Å². The predicted molar refractivity (Wildman–Crippen MR) is 88.6 cm³/mol. The van der Waals surface area contributed by atoms with E-state index in [1.54, 1.807) is 12.2 Å². The second-order valence-electron chi connectivity index (χ2n) is 5.94. The number of benzene rings is 2. The minimum Gasteiger partial charge on any atom is -0.211 e. The lowest BCUT2D eigenvalue weighted by molar-refractivity contribution is 0.218. The fourth-order valence-electron chi connectivity index (χ4n) is 3.00. The van der Waals surface area contributed by atoms with Crippen molar-refractivity contribution in [2.24, 2.45) is 15.4 Å². The van der Waals surface area contributed by atoms with E-state index in [-0.39, 0.29) is 6.54 Å². The molecule has 2 rings (SSSR count). The van der Waals surface area contributed by atoms with Crippen molar-refractivity contribution in [3.05, 3.63) is 71.8 Å². The van der Waals surface area contributed by atoms with Crippen molar-refractivity contribution >= 4 is 12.2 Å². The van der Waals surface area contributed by atoms with Gasteiger partial charge in [-0.15, -0.1) is 0 Å². The molecule has 0 amide bonds. The van der Waals surface area contributed by atoms with Crippen molar-refractivity contribution in [3.8, 4) is 0 Å². The Hall–Kier alpha value is -2.80. The summed E-state index contributed by atoms with van der Waals surface area (Å²) < 4.78 is 0. The maximum atomic E-state index is 11.3. The summed E-state index contributed by atoms with van der Waals surface area (Å²) in [4.78, 5) is 29.9. The molecule has 0 radical (unpaired) electrons. The minimum absolute atomic E-state index is 0.186. The third kappa shape index (κ3) is 3.04. The Morgan fingerprint density at radius 3 is 1.70 bits per heavy atom. The van der Waals surface area contributed by atoms with E-state index in [1.807, 2.05) is 74.5 Å². The van der Waals surface area contributed by atoms with Gasteiger partial charge >= 0.3 is 0 Å². The molecule has 0 aromatic heterocycles. The highest BCUT2D eigenvalue weighted by atomic mass is 16.1. The van der Waals surface area contributed by atoms with Gasteiger partial charge in [-0.05, 0) is 11.1 Å². The monoisotopic (exact) mass is 306 g/mol. The van der Waals surface area contributed by atoms with E-state index < -0.39 is 11.0 Å². The molecule has 0 atom stereocenters. The van der Waals surface area contributed by atoms with Crippen molar-refractivity contribution in [2.45, 2.75) is 19.4 Å². The highest BCUT2D eigenvalue weighted by Crippen LogP contribution is 2.48. The van der Waals surface area contributed by atoms with Crippen LogP contribution < -0.4 is 0 Å². The lowest BCUT2D eigenvalue weighted by Crippen LogP contribution is -2.43. The number of carbonyl (C=O) groups excluding carboxylic acids is 2. The summed E-state index contributed by atoms with van der Waals surface area (Å²) >= 11 is 0. The van der Waals surface area contributed by atoms with E-state index in [0.717, 1.165) is 11.1 Å². The van der Waals surface area contributed by atoms with E-state index in [9.17, 15) is 9.59 Å². The summed E-state index contributed by atoms with van der Waals surface area (Å²) in [5.41, 5.74) is 0.0728. The molecular formula is C19H18N2O2. The van der Waals surface area contributed by atoms with Crippen molar-refractivity contribution in [2.75, 3.05) is 6.54 Å². The van der Waals surface area contributed by atoms with Gasteiger partial charge < -0.3 is 0 Å². The van der Waals surface area contributed by atoms with E-state index >= 15 is 0 Å². The summed E-state index contributed by atoms with van der Waals surface area (Å²) in [7, 11) is 0. The second kappa shape index (κ2) is 6.97. The largest absolute Gasteiger partial charge is 0.236 e. The van der Waals surface area contributed by atoms with Crippen LogP contribution in [0.1, 0.15) is 25.0 Å². The highest BCUT2D eigenvalue weighted by Gasteiger charge is 2.48. The quantitative estimate of drug-likeness (QED) is 0.604. The molecule has 0 bridgehead atoms. The molecule has 0 aliphatic rings. The first-order valence-electron chi connectivity index (χ1n) is 7.32. The van der Waals surface area contributed by atoms with Crippen molar-refractivity contribution in [3.63, 3.8) is 0 Å². The second-order valence-corrected chi connectivity index (χ2v) is 5.94. The summed E-state index contributed by atoms with van der Waals surface area (Å²) in [5.74, 6) is 0. The van der Waals surface area contributed by atoms with Crippen molar-refractivity contribution in [1.82, 2.24) is 0 Å². The average molecular weight is 306 g/mol. The van der Waals surface area contributed by atoms with E-state index in [4.69, 9.17) is 0 Å². The highest BCUT2D eigenvalue weighted by molar-refractivity contribution is 5.48. The van der Waals surface area contributed by atoms with Gasteiger partial charge in [0.1, 0.15) is 5.54 Å². The van der Waals surface area contributed by atoms with Crippen molar-refractivity contribution < 1.29 is 9.59 Å². The van der Waals surface area contributed by atoms with Gasteiger partial charge in [-0.1, -0.05) is 74.5 Å². The van der Waals surface area contributed by atoms with Crippen LogP contribution in [0.3, 0.4) is 0 Å². The van der Waals surface area contributed by atoms with Crippen LogP contribution in [0, 0.1) is 5.41 Å². The number of aliphatic imine (C=N–C) groups is 2. The molecule has 0 fully saturated rings. The molecule has 23 heavy (non-hydrogen) atoms. The maximum Gasteiger partial charge on any atom is 0.236 e. The summed E-state index contributed by atoms with van der Waals surface area (Å²) in [6.07, 6.45) is 3.30. The van der Waals surface area contributed by atoms with Crippen LogP contribution in [0.2, 0.25) is 0 Å². The standard InChI is InChI=1S/C19H18N2O2/c1-18(2,13-20-14-22)19(21-15-23,16-9-5-3-6-10-16)17-11-7-4-8-12-17/h3-12H,13H2,1-2H3. The average Bonchev–Trinajstić information content (AvgIpc) is 2.59. The molecule has 0 saturated heterocycles. The fraction of sp³-hybridized carbons (Fsp3) is 0.263. The molecule has 0 spiro atoms. The summed E-state index contributed by atoms with van der Waals surface area (Å²) in [6.45, 7) is 4.04. The van der Waals surface area contributed by atoms with E-state index in [1.165, 1.54) is 0 Å². The Morgan fingerprint density at radius 1 is 0.826 bits per heavy atom. The lowest BCUT2D eigenvalue weighted by atomic mass is 9.64. The first-order valence-corrected chi connectivity index (χ1v) is 7.32. The molecule has 4 nitrogen and oxygen atoms in total. The summed E-state index contributed by atoms with van der Waals surface area (Å²) in [5, 5.41) is 0. The molecule has 0 aliphatic carbocycles. The zero-order valence-electron chi connectivity index (χ0n) is 13.2. The molecule has 2 aromatic rings. The molecule has 0 saturated carbocycles. The predicted octanol–water partition coefficient (Wildman–Crippen LogP) is 3.63. The zero-order valence-corrected chi connectivity index (χ0v) is 13.2. The molecule has 0 aliphatic heterocycles. The number of isocyanates is 2. The van der Waals surface area contributed by atoms with Crippen LogP contribution in [0.25, 0.3) is 0 Å². The topological polar surface area (TPSA) is 58.9 Å². The van der Waals surface area contributed by atoms with E-state index in [2.05, 4.69) is 9.98 Å². The first-order chi connectivity index (χ1) is 11.1. The molecule has 0 heterocycles. The van der Waals surface area contributed by atoms with Crippen LogP contribution >= 0.6 is 0 Å². The number of hydrogen-bond donors (Lipinski definition) is 0. The maximum absolute atomic E-state index is 11.3. The van der Waals surface area contributed by atoms with Gasteiger partial charge in [-0.25, -0.2) is 14.6 Å². The summed E-state index contributed by atoms with van der Waals surface area (Å²) in [6, 6.07) is 19.1. The van der Waals surface area contributed by atoms with Gasteiger partial charge in [-0.2, -0.15) is 4.99 Å². The number of hydrogen-bond acceptors (Lipinski definition) is 4. The Morgan fingerprint density at radius 2 is 1.30 bits per heavy atom. The van der Waals surface area contributed by atoms with Crippen LogP contribution in [0.5, 0.6) is 0 Å². The lowest BCUT2D eigenvalue weighted by Gasteiger charge is -2.42. The SMILES string of the molecule is CC(C)(CN=C=O)C(N=C=O)(c1ccccc1)c1ccccc1. The number of rotatable bonds is 6. The van der Waals surface area contributed by atoms with Gasteiger partial charge in [-0.3, -0.25) is 0 Å². The third-order valence-corrected chi connectivity index (χ3v) is 4.11. The zero-order chi connectivity index (χ0) is 16.8. The van der Waals surface area contributed by atoms with Crippen LogP contribution in [0.4, 0.5) is 0 Å². The Balaban J connectivity index is 2.81. The molecule has 0 unspecified atom stereocenters. The molecule has 4 heteroatoms. The molecule has 2 aromatic carbocycles. The van der Waals surface area contributed by atoms with Crippen LogP contribution in [0.15, 0.2) is 70.6 Å². The van der Waals surface area contributed by atoms with Crippen LogP contribution in [-0.4, -0.2) is 18.7 Å². The number of nitrogens with zero attached hydrogens (tertiary/aromatic N) is 2. The van der Waals surface area contributed by atoms with Gasteiger partial charge in [0.15, 0.2) is 0 Å². The van der Waals surface area contributed by atoms with Gasteiger partial charge in [0.05, 0.1) is 6.54 Å². The normalized spacial score (nSPS) is 11.2.